The Labute approximate surface area is 131 Å². The fraction of sp³-hybridized carbons (Fsp3) is 0.278. The number of methoxy groups -OCH3 is 1. The first-order valence-corrected chi connectivity index (χ1v) is 7.33. The maximum absolute atomic E-state index is 12.2. The number of hydrogen-bond acceptors (Lipinski definition) is 3. The van der Waals surface area contributed by atoms with E-state index in [-0.39, 0.29) is 5.91 Å². The third-order valence-corrected chi connectivity index (χ3v) is 3.34. The van der Waals surface area contributed by atoms with Gasteiger partial charge < -0.3 is 14.8 Å². The number of nitrogens with one attached hydrogen (secondary N) is 1. The SMILES string of the molecule is CCc1cccc(NC(=O)[C@@H](C)Oc2ccc(OC)cc2)c1. The van der Waals surface area contributed by atoms with Crippen molar-refractivity contribution in [3.63, 3.8) is 0 Å². The lowest BCUT2D eigenvalue weighted by Crippen LogP contribution is -2.30. The van der Waals surface area contributed by atoms with Gasteiger partial charge in [-0.2, -0.15) is 0 Å². The summed E-state index contributed by atoms with van der Waals surface area (Å²) in [5.41, 5.74) is 1.97. The number of aryl methyl sites for hydroxylation is 1. The molecule has 0 saturated heterocycles. The third kappa shape index (κ3) is 4.25. The van der Waals surface area contributed by atoms with Gasteiger partial charge >= 0.3 is 0 Å². The smallest absolute Gasteiger partial charge is 0.265 e. The summed E-state index contributed by atoms with van der Waals surface area (Å²) < 4.78 is 10.7. The summed E-state index contributed by atoms with van der Waals surface area (Å²) in [6, 6.07) is 15.0. The lowest BCUT2D eigenvalue weighted by atomic mass is 10.1. The normalized spacial score (nSPS) is 11.6. The van der Waals surface area contributed by atoms with Crippen LogP contribution in [-0.4, -0.2) is 19.1 Å². The van der Waals surface area contributed by atoms with Crippen LogP contribution in [0, 0.1) is 0 Å². The summed E-state index contributed by atoms with van der Waals surface area (Å²) in [5, 5.41) is 2.87. The molecular weight excluding hydrogens is 278 g/mol. The van der Waals surface area contributed by atoms with Crippen molar-refractivity contribution in [1.29, 1.82) is 0 Å². The van der Waals surface area contributed by atoms with Crippen LogP contribution < -0.4 is 14.8 Å². The Morgan fingerprint density at radius 2 is 1.82 bits per heavy atom. The van der Waals surface area contributed by atoms with Gasteiger partial charge in [0.2, 0.25) is 0 Å². The second kappa shape index (κ2) is 7.50. The van der Waals surface area contributed by atoms with Crippen molar-refractivity contribution >= 4 is 11.6 Å². The van der Waals surface area contributed by atoms with Crippen molar-refractivity contribution in [3.05, 3.63) is 54.1 Å². The topological polar surface area (TPSA) is 47.6 Å². The second-order valence-electron chi connectivity index (χ2n) is 4.98. The molecule has 0 heterocycles. The van der Waals surface area contributed by atoms with Crippen LogP contribution in [0.25, 0.3) is 0 Å². The summed E-state index contributed by atoms with van der Waals surface area (Å²) in [4.78, 5) is 12.2. The molecule has 0 bridgehead atoms. The molecule has 1 amide bonds. The highest BCUT2D eigenvalue weighted by Gasteiger charge is 2.15. The standard InChI is InChI=1S/C18H21NO3/c1-4-14-6-5-7-15(12-14)19-18(20)13(2)22-17-10-8-16(21-3)9-11-17/h5-13H,4H2,1-3H3,(H,19,20)/t13-/m1/s1. The molecule has 116 valence electrons. The fourth-order valence-corrected chi connectivity index (χ4v) is 2.02. The summed E-state index contributed by atoms with van der Waals surface area (Å²) >= 11 is 0. The van der Waals surface area contributed by atoms with Gasteiger partial charge in [0.1, 0.15) is 11.5 Å². The molecular formula is C18H21NO3. The Balaban J connectivity index is 1.96. The predicted molar refractivity (Wildman–Crippen MR) is 87.5 cm³/mol. The number of anilines is 1. The molecule has 0 radical (unpaired) electrons. The van der Waals surface area contributed by atoms with Gasteiger partial charge in [-0.25, -0.2) is 0 Å². The molecule has 2 aromatic carbocycles. The highest BCUT2D eigenvalue weighted by atomic mass is 16.5. The quantitative estimate of drug-likeness (QED) is 0.885. The van der Waals surface area contributed by atoms with Crippen LogP contribution in [0.2, 0.25) is 0 Å². The maximum Gasteiger partial charge on any atom is 0.265 e. The molecule has 0 aliphatic carbocycles. The molecule has 4 nitrogen and oxygen atoms in total. The molecule has 0 fully saturated rings. The van der Waals surface area contributed by atoms with Crippen LogP contribution in [0.4, 0.5) is 5.69 Å². The summed E-state index contributed by atoms with van der Waals surface area (Å²) in [5.74, 6) is 1.20. The Morgan fingerprint density at radius 3 is 2.45 bits per heavy atom. The van der Waals surface area contributed by atoms with Crippen molar-refractivity contribution in [2.24, 2.45) is 0 Å². The third-order valence-electron chi connectivity index (χ3n) is 3.34. The molecule has 0 saturated carbocycles. The second-order valence-corrected chi connectivity index (χ2v) is 4.98. The molecule has 0 aromatic heterocycles. The van der Waals surface area contributed by atoms with Gasteiger partial charge in [0.15, 0.2) is 6.10 Å². The van der Waals surface area contributed by atoms with Crippen LogP contribution in [0.5, 0.6) is 11.5 Å². The van der Waals surface area contributed by atoms with Crippen molar-refractivity contribution < 1.29 is 14.3 Å². The molecule has 22 heavy (non-hydrogen) atoms. The Kier molecular flexibility index (Phi) is 5.42. The van der Waals surface area contributed by atoms with E-state index in [0.29, 0.717) is 5.75 Å². The van der Waals surface area contributed by atoms with Crippen LogP contribution in [0.1, 0.15) is 19.4 Å². The highest BCUT2D eigenvalue weighted by molar-refractivity contribution is 5.94. The number of hydrogen-bond donors (Lipinski definition) is 1. The zero-order chi connectivity index (χ0) is 15.9. The zero-order valence-electron chi connectivity index (χ0n) is 13.1. The number of rotatable bonds is 6. The molecule has 2 aromatic rings. The zero-order valence-corrected chi connectivity index (χ0v) is 13.1. The van der Waals surface area contributed by atoms with Crippen molar-refractivity contribution in [2.45, 2.75) is 26.4 Å². The first kappa shape index (κ1) is 15.9. The average Bonchev–Trinajstić information content (AvgIpc) is 2.55. The van der Waals surface area contributed by atoms with E-state index in [1.54, 1.807) is 38.3 Å². The number of ether oxygens (including phenoxy) is 2. The number of carbonyl (C=O) groups is 1. The van der Waals surface area contributed by atoms with E-state index in [1.165, 1.54) is 5.56 Å². The molecule has 1 N–H and O–H groups in total. The van der Waals surface area contributed by atoms with Gasteiger partial charge in [-0.3, -0.25) is 4.79 Å². The van der Waals surface area contributed by atoms with Crippen molar-refractivity contribution in [1.82, 2.24) is 0 Å². The van der Waals surface area contributed by atoms with E-state index in [0.717, 1.165) is 17.9 Å². The Bertz CT molecular complexity index is 622. The average molecular weight is 299 g/mol. The Morgan fingerprint density at radius 1 is 1.14 bits per heavy atom. The lowest BCUT2D eigenvalue weighted by Gasteiger charge is -2.15. The maximum atomic E-state index is 12.2. The summed E-state index contributed by atoms with van der Waals surface area (Å²) in [6.07, 6.45) is 0.348. The molecule has 4 heteroatoms. The molecule has 2 rings (SSSR count). The van der Waals surface area contributed by atoms with Crippen molar-refractivity contribution in [3.8, 4) is 11.5 Å². The number of carbonyl (C=O) groups excluding carboxylic acids is 1. The van der Waals surface area contributed by atoms with Crippen LogP contribution >= 0.6 is 0 Å². The minimum Gasteiger partial charge on any atom is -0.497 e. The minimum absolute atomic E-state index is 0.177. The van der Waals surface area contributed by atoms with Gasteiger partial charge in [-0.1, -0.05) is 19.1 Å². The van der Waals surface area contributed by atoms with Crippen LogP contribution in [-0.2, 0) is 11.2 Å². The van der Waals surface area contributed by atoms with Gasteiger partial charge in [0.25, 0.3) is 5.91 Å². The lowest BCUT2D eigenvalue weighted by molar-refractivity contribution is -0.122. The largest absolute Gasteiger partial charge is 0.497 e. The van der Waals surface area contributed by atoms with Gasteiger partial charge in [0, 0.05) is 5.69 Å². The molecule has 0 spiro atoms. The highest BCUT2D eigenvalue weighted by Crippen LogP contribution is 2.19. The van der Waals surface area contributed by atoms with Crippen LogP contribution in [0.15, 0.2) is 48.5 Å². The predicted octanol–water partition coefficient (Wildman–Crippen LogP) is 3.66. The van der Waals surface area contributed by atoms with Crippen LogP contribution in [0.3, 0.4) is 0 Å². The summed E-state index contributed by atoms with van der Waals surface area (Å²) in [6.45, 7) is 3.81. The number of amides is 1. The molecule has 0 aliphatic rings. The van der Waals surface area contributed by atoms with Gasteiger partial charge in [0.05, 0.1) is 7.11 Å². The van der Waals surface area contributed by atoms with Crippen molar-refractivity contribution in [2.75, 3.05) is 12.4 Å². The van der Waals surface area contributed by atoms with E-state index in [4.69, 9.17) is 9.47 Å². The number of benzene rings is 2. The monoisotopic (exact) mass is 299 g/mol. The first-order valence-electron chi connectivity index (χ1n) is 7.33. The minimum atomic E-state index is -0.585. The fourth-order valence-electron chi connectivity index (χ4n) is 2.02. The molecule has 1 atom stereocenters. The van der Waals surface area contributed by atoms with Gasteiger partial charge in [-0.05, 0) is 55.3 Å². The molecule has 0 unspecified atom stereocenters. The van der Waals surface area contributed by atoms with E-state index >= 15 is 0 Å². The first-order chi connectivity index (χ1) is 10.6. The van der Waals surface area contributed by atoms with Gasteiger partial charge in [-0.15, -0.1) is 0 Å². The summed E-state index contributed by atoms with van der Waals surface area (Å²) in [7, 11) is 1.61. The van der Waals surface area contributed by atoms with E-state index in [1.807, 2.05) is 24.3 Å². The van der Waals surface area contributed by atoms with E-state index < -0.39 is 6.10 Å². The van der Waals surface area contributed by atoms with E-state index in [2.05, 4.69) is 12.2 Å². The Hall–Kier alpha value is -2.49. The van der Waals surface area contributed by atoms with E-state index in [9.17, 15) is 4.79 Å². The molecule has 0 aliphatic heterocycles.